The van der Waals surface area contributed by atoms with Gasteiger partial charge in [-0.05, 0) is 17.7 Å². The van der Waals surface area contributed by atoms with Gasteiger partial charge >= 0.3 is 0 Å². The number of nitrogens with zero attached hydrogens (tertiary/aromatic N) is 1. The molecule has 0 radical (unpaired) electrons. The number of halogens is 1. The van der Waals surface area contributed by atoms with E-state index in [-0.39, 0.29) is 5.78 Å². The molecule has 0 aliphatic heterocycles. The predicted octanol–water partition coefficient (Wildman–Crippen LogP) is 3.75. The van der Waals surface area contributed by atoms with E-state index in [0.717, 1.165) is 10.0 Å². The fourth-order valence-electron chi connectivity index (χ4n) is 1.73. The molecule has 0 aromatic heterocycles. The number of hydrogen-bond donors (Lipinski definition) is 0. The Bertz CT molecular complexity index is 628. The lowest BCUT2D eigenvalue weighted by Crippen LogP contribution is -2.06. The highest BCUT2D eigenvalue weighted by Gasteiger charge is 2.12. The van der Waals surface area contributed by atoms with Crippen molar-refractivity contribution in [2.75, 3.05) is 0 Å². The molecule has 0 fully saturated rings. The van der Waals surface area contributed by atoms with Gasteiger partial charge in [-0.25, -0.2) is 0 Å². The molecule has 0 aliphatic carbocycles. The van der Waals surface area contributed by atoms with Gasteiger partial charge in [0.05, 0.1) is 11.6 Å². The van der Waals surface area contributed by atoms with Crippen LogP contribution in [0.5, 0.6) is 0 Å². The predicted molar refractivity (Wildman–Crippen MR) is 73.3 cm³/mol. The summed E-state index contributed by atoms with van der Waals surface area (Å²) >= 11 is 3.42. The van der Waals surface area contributed by atoms with Crippen LogP contribution in [0.15, 0.2) is 53.0 Å². The van der Waals surface area contributed by atoms with Crippen molar-refractivity contribution in [2.45, 2.75) is 6.42 Å². The Hall–Kier alpha value is -1.92. The molecule has 18 heavy (non-hydrogen) atoms. The molecule has 0 atom stereocenters. The van der Waals surface area contributed by atoms with Gasteiger partial charge in [-0.2, -0.15) is 5.26 Å². The summed E-state index contributed by atoms with van der Waals surface area (Å²) in [5.74, 6) is -0.0425. The van der Waals surface area contributed by atoms with Crippen LogP contribution in [0, 0.1) is 11.3 Å². The molecule has 0 saturated carbocycles. The number of carbonyl (C=O) groups is 1. The molecule has 2 aromatic carbocycles. The first kappa shape index (κ1) is 12.5. The van der Waals surface area contributed by atoms with Gasteiger partial charge in [0.1, 0.15) is 0 Å². The summed E-state index contributed by atoms with van der Waals surface area (Å²) in [6.07, 6.45) is 0.292. The quantitative estimate of drug-likeness (QED) is 0.810. The average Bonchev–Trinajstić information content (AvgIpc) is 2.41. The van der Waals surface area contributed by atoms with Gasteiger partial charge in [-0.15, -0.1) is 0 Å². The highest BCUT2D eigenvalue weighted by atomic mass is 79.9. The third-order valence-electron chi connectivity index (χ3n) is 2.66. The maximum Gasteiger partial charge on any atom is 0.168 e. The van der Waals surface area contributed by atoms with Gasteiger partial charge < -0.3 is 0 Å². The first-order chi connectivity index (χ1) is 8.72. The Labute approximate surface area is 114 Å². The molecule has 0 heterocycles. The van der Waals surface area contributed by atoms with Crippen LogP contribution in [-0.2, 0) is 6.42 Å². The monoisotopic (exact) mass is 299 g/mol. The Morgan fingerprint density at radius 1 is 1.11 bits per heavy atom. The van der Waals surface area contributed by atoms with Crippen LogP contribution in [0.2, 0.25) is 0 Å². The topological polar surface area (TPSA) is 40.9 Å². The third-order valence-corrected chi connectivity index (χ3v) is 3.43. The summed E-state index contributed by atoms with van der Waals surface area (Å²) in [6, 6.07) is 16.5. The third kappa shape index (κ3) is 2.66. The van der Waals surface area contributed by atoms with Gasteiger partial charge in [-0.1, -0.05) is 52.3 Å². The molecule has 0 amide bonds. The zero-order chi connectivity index (χ0) is 13.0. The number of hydrogen-bond acceptors (Lipinski definition) is 2. The number of nitriles is 1. The lowest BCUT2D eigenvalue weighted by Gasteiger charge is -2.05. The number of rotatable bonds is 3. The highest BCUT2D eigenvalue weighted by molar-refractivity contribution is 9.10. The highest BCUT2D eigenvalue weighted by Crippen LogP contribution is 2.19. The van der Waals surface area contributed by atoms with Crippen molar-refractivity contribution >= 4 is 21.7 Å². The minimum absolute atomic E-state index is 0.0425. The van der Waals surface area contributed by atoms with Crippen molar-refractivity contribution < 1.29 is 4.79 Å². The summed E-state index contributed by atoms with van der Waals surface area (Å²) in [5, 5.41) is 8.98. The van der Waals surface area contributed by atoms with E-state index in [0.29, 0.717) is 17.5 Å². The molecule has 2 nitrogen and oxygen atoms in total. The molecule has 0 saturated heterocycles. The summed E-state index contributed by atoms with van der Waals surface area (Å²) in [5.41, 5.74) is 1.83. The minimum atomic E-state index is -0.0425. The Morgan fingerprint density at radius 2 is 1.78 bits per heavy atom. The number of ketones is 1. The molecule has 3 heteroatoms. The van der Waals surface area contributed by atoms with E-state index in [2.05, 4.69) is 15.9 Å². The van der Waals surface area contributed by atoms with Crippen LogP contribution in [0.25, 0.3) is 0 Å². The number of carbonyl (C=O) groups excluding carboxylic acids is 1. The Balaban J connectivity index is 2.29. The summed E-state index contributed by atoms with van der Waals surface area (Å²) in [6.45, 7) is 0. The average molecular weight is 300 g/mol. The van der Waals surface area contributed by atoms with E-state index in [4.69, 9.17) is 5.26 Å². The summed E-state index contributed by atoms with van der Waals surface area (Å²) < 4.78 is 0.910. The normalized spacial score (nSPS) is 9.78. The Morgan fingerprint density at radius 3 is 2.50 bits per heavy atom. The SMILES string of the molecule is N#Cc1ccccc1C(=O)Cc1ccccc1Br. The summed E-state index contributed by atoms with van der Waals surface area (Å²) in [4.78, 5) is 12.2. The van der Waals surface area contributed by atoms with Crippen molar-refractivity contribution in [3.8, 4) is 6.07 Å². The Kier molecular flexibility index (Phi) is 3.91. The molecular formula is C15H10BrNO. The molecule has 0 N–H and O–H groups in total. The molecule has 0 spiro atoms. The second-order valence-corrected chi connectivity index (χ2v) is 4.70. The number of benzene rings is 2. The van der Waals surface area contributed by atoms with Gasteiger partial charge in [0.2, 0.25) is 0 Å². The van der Waals surface area contributed by atoms with Crippen LogP contribution < -0.4 is 0 Å². The molecule has 0 aliphatic rings. The smallest absolute Gasteiger partial charge is 0.168 e. The molecule has 0 unspecified atom stereocenters. The van der Waals surface area contributed by atoms with Crippen LogP contribution >= 0.6 is 15.9 Å². The molecule has 0 bridgehead atoms. The zero-order valence-corrected chi connectivity index (χ0v) is 11.1. The molecule has 88 valence electrons. The van der Waals surface area contributed by atoms with Gasteiger partial charge in [0.15, 0.2) is 5.78 Å². The number of Topliss-reactive ketones (excluding diaryl/α,β-unsaturated/α-hetero) is 1. The van der Waals surface area contributed by atoms with E-state index < -0.39 is 0 Å². The first-order valence-corrected chi connectivity index (χ1v) is 6.27. The van der Waals surface area contributed by atoms with E-state index in [1.54, 1.807) is 24.3 Å². The summed E-state index contributed by atoms with van der Waals surface area (Å²) in [7, 11) is 0. The van der Waals surface area contributed by atoms with E-state index in [1.165, 1.54) is 0 Å². The molecule has 2 aromatic rings. The van der Waals surface area contributed by atoms with Crippen molar-refractivity contribution in [3.63, 3.8) is 0 Å². The van der Waals surface area contributed by atoms with Crippen LogP contribution in [0.1, 0.15) is 21.5 Å². The van der Waals surface area contributed by atoms with Gasteiger partial charge in [0.25, 0.3) is 0 Å². The van der Waals surface area contributed by atoms with Crippen molar-refractivity contribution in [3.05, 3.63) is 69.7 Å². The van der Waals surface area contributed by atoms with E-state index in [1.807, 2.05) is 30.3 Å². The lowest BCUT2D eigenvalue weighted by molar-refractivity contribution is 0.0992. The standard InChI is InChI=1S/C15H10BrNO/c16-14-8-4-2-5-11(14)9-15(18)13-7-3-1-6-12(13)10-17/h1-8H,9H2. The van der Waals surface area contributed by atoms with E-state index >= 15 is 0 Å². The maximum atomic E-state index is 12.2. The van der Waals surface area contributed by atoms with E-state index in [9.17, 15) is 4.79 Å². The van der Waals surface area contributed by atoms with Gasteiger partial charge in [-0.3, -0.25) is 4.79 Å². The second kappa shape index (κ2) is 5.61. The fraction of sp³-hybridized carbons (Fsp3) is 0.0667. The lowest BCUT2D eigenvalue weighted by atomic mass is 9.99. The van der Waals surface area contributed by atoms with Crippen LogP contribution in [-0.4, -0.2) is 5.78 Å². The van der Waals surface area contributed by atoms with Crippen molar-refractivity contribution in [2.24, 2.45) is 0 Å². The van der Waals surface area contributed by atoms with Crippen molar-refractivity contribution in [1.82, 2.24) is 0 Å². The van der Waals surface area contributed by atoms with Crippen LogP contribution in [0.3, 0.4) is 0 Å². The van der Waals surface area contributed by atoms with Crippen molar-refractivity contribution in [1.29, 1.82) is 5.26 Å². The molecule has 2 rings (SSSR count). The maximum absolute atomic E-state index is 12.2. The first-order valence-electron chi connectivity index (χ1n) is 5.48. The second-order valence-electron chi connectivity index (χ2n) is 3.85. The van der Waals surface area contributed by atoms with Gasteiger partial charge in [0, 0.05) is 16.5 Å². The molecular weight excluding hydrogens is 290 g/mol. The van der Waals surface area contributed by atoms with Crippen LogP contribution in [0.4, 0.5) is 0 Å². The largest absolute Gasteiger partial charge is 0.294 e. The fourth-order valence-corrected chi connectivity index (χ4v) is 2.16. The minimum Gasteiger partial charge on any atom is -0.294 e. The zero-order valence-electron chi connectivity index (χ0n) is 9.56.